The van der Waals surface area contributed by atoms with E-state index in [1.807, 2.05) is 6.92 Å². The Hall–Kier alpha value is -1.33. The van der Waals surface area contributed by atoms with Crippen molar-refractivity contribution < 1.29 is 4.92 Å². The lowest BCUT2D eigenvalue weighted by Crippen LogP contribution is -2.46. The maximum atomic E-state index is 10.9. The molecule has 1 aliphatic rings. The van der Waals surface area contributed by atoms with Crippen LogP contribution in [0, 0.1) is 10.1 Å². The van der Waals surface area contributed by atoms with Crippen LogP contribution in [-0.2, 0) is 0 Å². The Labute approximate surface area is 89.7 Å². The minimum absolute atomic E-state index is 0.279. The molecule has 1 atom stereocenters. The number of rotatable bonds is 6. The van der Waals surface area contributed by atoms with Crippen molar-refractivity contribution in [3.63, 3.8) is 0 Å². The van der Waals surface area contributed by atoms with Crippen LogP contribution in [0.4, 0.5) is 0 Å². The summed E-state index contributed by atoms with van der Waals surface area (Å²) in [6.07, 6.45) is 3.62. The molecule has 15 heavy (non-hydrogen) atoms. The smallest absolute Gasteiger partial charge is 0.279 e. The van der Waals surface area contributed by atoms with E-state index in [-0.39, 0.29) is 4.92 Å². The van der Waals surface area contributed by atoms with Gasteiger partial charge in [0.15, 0.2) is 0 Å². The zero-order valence-corrected chi connectivity index (χ0v) is 9.30. The van der Waals surface area contributed by atoms with Gasteiger partial charge in [0, 0.05) is 13.1 Å². The Morgan fingerprint density at radius 3 is 2.67 bits per heavy atom. The average Bonchev–Trinajstić information content (AvgIpc) is 2.58. The van der Waals surface area contributed by atoms with Crippen LogP contribution in [0.25, 0.3) is 0 Å². The first-order valence-corrected chi connectivity index (χ1v) is 5.40. The van der Waals surface area contributed by atoms with E-state index in [1.165, 1.54) is 0 Å². The first-order valence-electron chi connectivity index (χ1n) is 5.40. The first kappa shape index (κ1) is 11.7. The van der Waals surface area contributed by atoms with Crippen molar-refractivity contribution >= 4 is 6.34 Å². The predicted molar refractivity (Wildman–Crippen MR) is 57.9 cm³/mol. The van der Waals surface area contributed by atoms with Gasteiger partial charge in [0.2, 0.25) is 0 Å². The number of unbranched alkanes of at least 4 members (excludes halogenated alkanes) is 1. The monoisotopic (exact) mass is 214 g/mol. The van der Waals surface area contributed by atoms with Crippen molar-refractivity contribution in [3.8, 4) is 0 Å². The van der Waals surface area contributed by atoms with Gasteiger partial charge >= 0.3 is 6.29 Å². The summed E-state index contributed by atoms with van der Waals surface area (Å²) < 4.78 is 0. The second-order valence-electron chi connectivity index (χ2n) is 3.62. The molecule has 0 radical (unpaired) electrons. The average molecular weight is 214 g/mol. The lowest BCUT2D eigenvalue weighted by Gasteiger charge is -2.22. The van der Waals surface area contributed by atoms with E-state index in [9.17, 15) is 10.1 Å². The molecule has 1 aliphatic heterocycles. The van der Waals surface area contributed by atoms with E-state index in [0.717, 1.165) is 19.3 Å². The second kappa shape index (κ2) is 5.53. The maximum absolute atomic E-state index is 10.9. The van der Waals surface area contributed by atoms with Crippen molar-refractivity contribution in [1.82, 2.24) is 9.91 Å². The summed E-state index contributed by atoms with van der Waals surface area (Å²) in [6, 6.07) is 0. The molecule has 0 aromatic rings. The summed E-state index contributed by atoms with van der Waals surface area (Å²) in [4.78, 5) is 12.3. The third kappa shape index (κ3) is 2.81. The quantitative estimate of drug-likeness (QED) is 0.494. The fourth-order valence-corrected chi connectivity index (χ4v) is 1.58. The molecule has 1 unspecified atom stereocenters. The maximum Gasteiger partial charge on any atom is 0.383 e. The van der Waals surface area contributed by atoms with Crippen molar-refractivity contribution in [2.24, 2.45) is 5.10 Å². The van der Waals surface area contributed by atoms with Crippen molar-refractivity contribution in [1.29, 1.82) is 0 Å². The molecule has 0 spiro atoms. The summed E-state index contributed by atoms with van der Waals surface area (Å²) in [5.74, 6) is 0. The highest BCUT2D eigenvalue weighted by Crippen LogP contribution is 2.14. The molecule has 0 saturated carbocycles. The van der Waals surface area contributed by atoms with Crippen LogP contribution in [-0.4, -0.2) is 40.5 Å². The van der Waals surface area contributed by atoms with Crippen molar-refractivity contribution in [3.05, 3.63) is 10.1 Å². The van der Waals surface area contributed by atoms with E-state index in [4.69, 9.17) is 0 Å². The Morgan fingerprint density at radius 1 is 1.40 bits per heavy atom. The molecule has 0 N–H and O–H groups in total. The molecule has 86 valence electrons. The number of nitrogens with zero attached hydrogens (tertiary/aromatic N) is 4. The molecule has 0 aliphatic carbocycles. The molecule has 6 heteroatoms. The highest BCUT2D eigenvalue weighted by atomic mass is 16.6. The minimum atomic E-state index is -0.795. The standard InChI is InChI=1S/C9H18N4O2/c1-3-5-7-12-9(13(14)15)11(6-4-2)8-10-12/h8-9H,3-7H2,1-2H3. The van der Waals surface area contributed by atoms with Gasteiger partial charge in [0.1, 0.15) is 6.34 Å². The summed E-state index contributed by atoms with van der Waals surface area (Å²) in [5, 5.41) is 16.5. The van der Waals surface area contributed by atoms with Gasteiger partial charge in [-0.25, -0.2) is 5.01 Å². The molecular weight excluding hydrogens is 196 g/mol. The van der Waals surface area contributed by atoms with E-state index in [0.29, 0.717) is 13.1 Å². The third-order valence-corrected chi connectivity index (χ3v) is 2.32. The van der Waals surface area contributed by atoms with Crippen LogP contribution in [0.3, 0.4) is 0 Å². The Kier molecular flexibility index (Phi) is 4.33. The molecule has 0 aromatic carbocycles. The van der Waals surface area contributed by atoms with E-state index < -0.39 is 6.29 Å². The zero-order valence-electron chi connectivity index (χ0n) is 9.30. The predicted octanol–water partition coefficient (Wildman–Crippen LogP) is 1.32. The SMILES string of the molecule is CCCCN1N=CN(CCC)C1[N+](=O)[O-]. The molecule has 1 heterocycles. The van der Waals surface area contributed by atoms with E-state index in [1.54, 1.807) is 16.2 Å². The van der Waals surface area contributed by atoms with Crippen LogP contribution in [0.1, 0.15) is 33.1 Å². The Morgan fingerprint density at radius 2 is 2.13 bits per heavy atom. The van der Waals surface area contributed by atoms with Gasteiger partial charge in [0.25, 0.3) is 0 Å². The van der Waals surface area contributed by atoms with Gasteiger partial charge in [-0.3, -0.25) is 15.0 Å². The number of hydrogen-bond acceptors (Lipinski definition) is 5. The largest absolute Gasteiger partial charge is 0.383 e. The lowest BCUT2D eigenvalue weighted by molar-refractivity contribution is -0.570. The zero-order chi connectivity index (χ0) is 11.3. The van der Waals surface area contributed by atoms with Crippen LogP contribution >= 0.6 is 0 Å². The molecule has 0 amide bonds. The van der Waals surface area contributed by atoms with Gasteiger partial charge in [-0.2, -0.15) is 5.10 Å². The van der Waals surface area contributed by atoms with Gasteiger partial charge in [-0.1, -0.05) is 20.3 Å². The fourth-order valence-electron chi connectivity index (χ4n) is 1.58. The van der Waals surface area contributed by atoms with Crippen molar-refractivity contribution in [2.75, 3.05) is 13.1 Å². The van der Waals surface area contributed by atoms with Gasteiger partial charge < -0.3 is 0 Å². The van der Waals surface area contributed by atoms with E-state index >= 15 is 0 Å². The first-order chi connectivity index (χ1) is 7.20. The molecule has 0 bridgehead atoms. The van der Waals surface area contributed by atoms with Crippen LogP contribution in [0.5, 0.6) is 0 Å². The number of hydrazone groups is 1. The minimum Gasteiger partial charge on any atom is -0.279 e. The normalized spacial score (nSPS) is 20.0. The van der Waals surface area contributed by atoms with Crippen LogP contribution in [0.2, 0.25) is 0 Å². The molecule has 6 nitrogen and oxygen atoms in total. The van der Waals surface area contributed by atoms with Gasteiger partial charge in [0.05, 0.1) is 4.92 Å². The highest BCUT2D eigenvalue weighted by Gasteiger charge is 2.36. The third-order valence-electron chi connectivity index (χ3n) is 2.32. The topological polar surface area (TPSA) is 62.0 Å². The van der Waals surface area contributed by atoms with E-state index in [2.05, 4.69) is 12.0 Å². The molecular formula is C9H18N4O2. The number of nitro groups is 1. The molecule has 0 aromatic heterocycles. The Balaban J connectivity index is 2.58. The van der Waals surface area contributed by atoms with Crippen LogP contribution in [0.15, 0.2) is 5.10 Å². The van der Waals surface area contributed by atoms with Gasteiger partial charge in [-0.15, -0.1) is 0 Å². The lowest BCUT2D eigenvalue weighted by atomic mass is 10.3. The summed E-state index contributed by atoms with van der Waals surface area (Å²) in [5.41, 5.74) is 0. The van der Waals surface area contributed by atoms with Crippen molar-refractivity contribution in [2.45, 2.75) is 39.4 Å². The summed E-state index contributed by atoms with van der Waals surface area (Å²) in [6.45, 7) is 5.39. The molecule has 1 rings (SSSR count). The summed E-state index contributed by atoms with van der Waals surface area (Å²) in [7, 11) is 0. The number of hydrogen-bond donors (Lipinski definition) is 0. The highest BCUT2D eigenvalue weighted by molar-refractivity contribution is 5.56. The second-order valence-corrected chi connectivity index (χ2v) is 3.62. The molecule has 0 fully saturated rings. The molecule has 0 saturated heterocycles. The fraction of sp³-hybridized carbons (Fsp3) is 0.889. The van der Waals surface area contributed by atoms with Gasteiger partial charge in [-0.05, 0) is 12.8 Å². The van der Waals surface area contributed by atoms with Crippen LogP contribution < -0.4 is 0 Å². The summed E-state index contributed by atoms with van der Waals surface area (Å²) >= 11 is 0. The Bertz CT molecular complexity index is 244.